The summed E-state index contributed by atoms with van der Waals surface area (Å²) in [6, 6.07) is 6.81. The van der Waals surface area contributed by atoms with Crippen LogP contribution in [0.2, 0.25) is 0 Å². The Morgan fingerprint density at radius 3 is 3.06 bits per heavy atom. The van der Waals surface area contributed by atoms with Crippen molar-refractivity contribution in [3.63, 3.8) is 0 Å². The van der Waals surface area contributed by atoms with Crippen LogP contribution in [0.15, 0.2) is 30.7 Å². The Morgan fingerprint density at radius 2 is 2.17 bits per heavy atom. The average Bonchev–Trinajstić information content (AvgIpc) is 2.99. The Bertz CT molecular complexity index is 542. The third kappa shape index (κ3) is 2.18. The number of nitrogens with zero attached hydrogens (tertiary/aromatic N) is 2. The topological polar surface area (TPSA) is 29.9 Å². The highest BCUT2D eigenvalue weighted by atomic mass is 15.0. The molecule has 1 aromatic heterocycles. The van der Waals surface area contributed by atoms with E-state index in [4.69, 9.17) is 0 Å². The second-order valence-electron chi connectivity index (χ2n) is 4.97. The molecule has 3 heteroatoms. The molecule has 2 aromatic rings. The lowest BCUT2D eigenvalue weighted by Gasteiger charge is -2.09. The first-order chi connectivity index (χ1) is 8.86. The van der Waals surface area contributed by atoms with Crippen molar-refractivity contribution in [1.29, 1.82) is 0 Å². The van der Waals surface area contributed by atoms with Crippen molar-refractivity contribution in [2.75, 3.05) is 0 Å². The summed E-state index contributed by atoms with van der Waals surface area (Å²) in [7, 11) is 0. The maximum absolute atomic E-state index is 4.26. The Labute approximate surface area is 108 Å². The van der Waals surface area contributed by atoms with Gasteiger partial charge in [-0.15, -0.1) is 0 Å². The number of rotatable bonds is 4. The van der Waals surface area contributed by atoms with Gasteiger partial charge in [0.15, 0.2) is 0 Å². The van der Waals surface area contributed by atoms with Crippen LogP contribution < -0.4 is 5.32 Å². The molecule has 0 aliphatic carbocycles. The van der Waals surface area contributed by atoms with Gasteiger partial charge in [-0.25, -0.2) is 4.98 Å². The van der Waals surface area contributed by atoms with Gasteiger partial charge in [0.25, 0.3) is 0 Å². The number of nitrogens with one attached hydrogen (secondary N) is 1. The number of aromatic nitrogens is 2. The molecule has 0 fully saturated rings. The van der Waals surface area contributed by atoms with Crippen LogP contribution in [-0.4, -0.2) is 9.55 Å². The third-order valence-electron chi connectivity index (χ3n) is 3.56. The highest BCUT2D eigenvalue weighted by Crippen LogP contribution is 2.18. The minimum Gasteiger partial charge on any atom is -0.330 e. The predicted molar refractivity (Wildman–Crippen MR) is 72.3 cm³/mol. The van der Waals surface area contributed by atoms with Gasteiger partial charge in [-0.2, -0.15) is 0 Å². The maximum Gasteiger partial charge on any atom is 0.0951 e. The van der Waals surface area contributed by atoms with E-state index >= 15 is 0 Å². The molecule has 0 spiro atoms. The Morgan fingerprint density at radius 1 is 1.28 bits per heavy atom. The van der Waals surface area contributed by atoms with Crippen molar-refractivity contribution in [3.8, 4) is 0 Å². The van der Waals surface area contributed by atoms with E-state index in [-0.39, 0.29) is 0 Å². The van der Waals surface area contributed by atoms with E-state index in [0.717, 1.165) is 26.1 Å². The molecule has 0 radical (unpaired) electrons. The Balaban J connectivity index is 1.81. The van der Waals surface area contributed by atoms with E-state index < -0.39 is 0 Å². The van der Waals surface area contributed by atoms with Crippen molar-refractivity contribution in [2.24, 2.45) is 0 Å². The molecule has 0 atom stereocenters. The number of hydrogen-bond acceptors (Lipinski definition) is 2. The van der Waals surface area contributed by atoms with Gasteiger partial charge < -0.3 is 9.88 Å². The monoisotopic (exact) mass is 241 g/mol. The van der Waals surface area contributed by atoms with E-state index in [9.17, 15) is 0 Å². The van der Waals surface area contributed by atoms with E-state index in [1.165, 1.54) is 28.8 Å². The van der Waals surface area contributed by atoms with Crippen LogP contribution in [0.4, 0.5) is 0 Å². The number of imidazole rings is 1. The first kappa shape index (κ1) is 11.5. The SMILES string of the molecule is CCCc1cncn1Cc1ccc2c(c1)CNC2. The summed E-state index contributed by atoms with van der Waals surface area (Å²) in [4.78, 5) is 4.26. The van der Waals surface area contributed by atoms with E-state index in [1.54, 1.807) is 0 Å². The summed E-state index contributed by atoms with van der Waals surface area (Å²) >= 11 is 0. The number of aryl methyl sites for hydroxylation is 1. The molecule has 18 heavy (non-hydrogen) atoms. The summed E-state index contributed by atoms with van der Waals surface area (Å²) < 4.78 is 2.26. The summed E-state index contributed by atoms with van der Waals surface area (Å²) in [6.07, 6.45) is 6.20. The van der Waals surface area contributed by atoms with Crippen LogP contribution in [0.5, 0.6) is 0 Å². The molecule has 2 heterocycles. The van der Waals surface area contributed by atoms with Gasteiger partial charge in [0.1, 0.15) is 0 Å². The summed E-state index contributed by atoms with van der Waals surface area (Å²) in [5.41, 5.74) is 5.59. The van der Waals surface area contributed by atoms with Crippen LogP contribution in [-0.2, 0) is 26.1 Å². The molecule has 1 N–H and O–H groups in total. The zero-order valence-corrected chi connectivity index (χ0v) is 10.8. The minimum atomic E-state index is 0.933. The molecule has 3 rings (SSSR count). The number of benzene rings is 1. The first-order valence-electron chi connectivity index (χ1n) is 6.67. The Kier molecular flexibility index (Phi) is 3.15. The lowest BCUT2D eigenvalue weighted by Crippen LogP contribution is -2.03. The quantitative estimate of drug-likeness (QED) is 0.891. The van der Waals surface area contributed by atoms with Gasteiger partial charge in [-0.05, 0) is 23.1 Å². The van der Waals surface area contributed by atoms with Crippen molar-refractivity contribution >= 4 is 0 Å². The third-order valence-corrected chi connectivity index (χ3v) is 3.56. The molecule has 1 aliphatic rings. The zero-order valence-electron chi connectivity index (χ0n) is 10.8. The highest BCUT2D eigenvalue weighted by Gasteiger charge is 2.10. The van der Waals surface area contributed by atoms with E-state index in [0.29, 0.717) is 0 Å². The van der Waals surface area contributed by atoms with Gasteiger partial charge in [0.05, 0.1) is 6.33 Å². The van der Waals surface area contributed by atoms with Crippen molar-refractivity contribution < 1.29 is 0 Å². The molecule has 0 saturated heterocycles. The van der Waals surface area contributed by atoms with Gasteiger partial charge in [-0.1, -0.05) is 31.5 Å². The van der Waals surface area contributed by atoms with Crippen LogP contribution in [0.25, 0.3) is 0 Å². The first-order valence-corrected chi connectivity index (χ1v) is 6.67. The van der Waals surface area contributed by atoms with Crippen LogP contribution in [0, 0.1) is 0 Å². The lowest BCUT2D eigenvalue weighted by molar-refractivity contribution is 0.722. The average molecular weight is 241 g/mol. The molecular formula is C15H19N3. The number of hydrogen-bond donors (Lipinski definition) is 1. The fourth-order valence-corrected chi connectivity index (χ4v) is 2.60. The van der Waals surface area contributed by atoms with Crippen LogP contribution in [0.1, 0.15) is 35.7 Å². The van der Waals surface area contributed by atoms with Gasteiger partial charge in [-0.3, -0.25) is 0 Å². The largest absolute Gasteiger partial charge is 0.330 e. The van der Waals surface area contributed by atoms with Gasteiger partial charge in [0, 0.05) is 31.5 Å². The summed E-state index contributed by atoms with van der Waals surface area (Å²) in [5.74, 6) is 0. The van der Waals surface area contributed by atoms with Crippen LogP contribution >= 0.6 is 0 Å². The molecule has 0 saturated carbocycles. The Hall–Kier alpha value is -1.61. The molecular weight excluding hydrogens is 222 g/mol. The molecule has 94 valence electrons. The molecule has 1 aliphatic heterocycles. The van der Waals surface area contributed by atoms with Gasteiger partial charge >= 0.3 is 0 Å². The van der Waals surface area contributed by atoms with Crippen LogP contribution in [0.3, 0.4) is 0 Å². The molecule has 0 bridgehead atoms. The standard InChI is InChI=1S/C15H19N3/c1-2-3-15-9-17-11-18(15)10-12-4-5-13-7-16-8-14(13)6-12/h4-6,9,11,16H,2-3,7-8,10H2,1H3. The molecule has 3 nitrogen and oxygen atoms in total. The van der Waals surface area contributed by atoms with E-state index in [1.807, 2.05) is 12.5 Å². The highest BCUT2D eigenvalue weighted by molar-refractivity contribution is 5.34. The number of fused-ring (bicyclic) bond motifs is 1. The zero-order chi connectivity index (χ0) is 12.4. The van der Waals surface area contributed by atoms with Crippen molar-refractivity contribution in [3.05, 3.63) is 53.1 Å². The maximum atomic E-state index is 4.26. The lowest BCUT2D eigenvalue weighted by atomic mass is 10.1. The smallest absolute Gasteiger partial charge is 0.0951 e. The van der Waals surface area contributed by atoms with Crippen molar-refractivity contribution in [1.82, 2.24) is 14.9 Å². The van der Waals surface area contributed by atoms with Gasteiger partial charge in [0.2, 0.25) is 0 Å². The minimum absolute atomic E-state index is 0.933. The molecule has 0 unspecified atom stereocenters. The fraction of sp³-hybridized carbons (Fsp3) is 0.400. The summed E-state index contributed by atoms with van der Waals surface area (Å²) in [5, 5.41) is 3.39. The molecule has 0 amide bonds. The summed E-state index contributed by atoms with van der Waals surface area (Å²) in [6.45, 7) is 5.16. The fourth-order valence-electron chi connectivity index (χ4n) is 2.60. The van der Waals surface area contributed by atoms with E-state index in [2.05, 4.69) is 40.0 Å². The predicted octanol–water partition coefficient (Wildman–Crippen LogP) is 2.49. The van der Waals surface area contributed by atoms with Crippen molar-refractivity contribution in [2.45, 2.75) is 39.4 Å². The normalized spacial score (nSPS) is 13.8. The second-order valence-corrected chi connectivity index (χ2v) is 4.97. The molecule has 1 aromatic carbocycles. The second kappa shape index (κ2) is 4.94.